The number of hydrogen-bond acceptors (Lipinski definition) is 4. The van der Waals surface area contributed by atoms with Gasteiger partial charge in [0.1, 0.15) is 5.75 Å². The quantitative estimate of drug-likeness (QED) is 0.848. The predicted octanol–water partition coefficient (Wildman–Crippen LogP) is 1.09. The molecule has 1 aromatic rings. The maximum atomic E-state index is 12.2. The minimum Gasteiger partial charge on any atom is -0.508 e. The fraction of sp³-hybridized carbons (Fsp3) is 0.500. The van der Waals surface area contributed by atoms with Crippen LogP contribution in [-0.4, -0.2) is 31.9 Å². The van der Waals surface area contributed by atoms with Gasteiger partial charge in [0.15, 0.2) is 9.84 Å². The van der Waals surface area contributed by atoms with Gasteiger partial charge in [-0.15, -0.1) is 0 Å². The molecule has 0 bridgehead atoms. The molecule has 0 aliphatic carbocycles. The number of phenolic OH excluding ortho intramolecular Hbond substituents is 1. The fourth-order valence-corrected chi connectivity index (χ4v) is 4.35. The van der Waals surface area contributed by atoms with Gasteiger partial charge in [0, 0.05) is 11.6 Å². The standard InChI is InChI=1S/C12H17NO3S/c1-8(13-2)6-9-7-10-11(14)4-3-5-12(10)17(9,15)16/h3-5,8-9,13-14H,6-7H2,1-2H3. The normalized spacial score (nSPS) is 23.3. The summed E-state index contributed by atoms with van der Waals surface area (Å²) >= 11 is 0. The van der Waals surface area contributed by atoms with E-state index in [4.69, 9.17) is 0 Å². The zero-order valence-electron chi connectivity index (χ0n) is 9.97. The highest BCUT2D eigenvalue weighted by molar-refractivity contribution is 7.92. The van der Waals surface area contributed by atoms with E-state index in [2.05, 4.69) is 5.32 Å². The average molecular weight is 255 g/mol. The number of hydrogen-bond donors (Lipinski definition) is 2. The van der Waals surface area contributed by atoms with E-state index in [1.807, 2.05) is 14.0 Å². The van der Waals surface area contributed by atoms with Gasteiger partial charge in [-0.05, 0) is 38.9 Å². The summed E-state index contributed by atoms with van der Waals surface area (Å²) in [5.41, 5.74) is 0.570. The van der Waals surface area contributed by atoms with Gasteiger partial charge in [-0.25, -0.2) is 8.42 Å². The van der Waals surface area contributed by atoms with Crippen LogP contribution in [0.25, 0.3) is 0 Å². The smallest absolute Gasteiger partial charge is 0.182 e. The highest BCUT2D eigenvalue weighted by Crippen LogP contribution is 2.37. The molecule has 0 fully saturated rings. The third-order valence-electron chi connectivity index (χ3n) is 3.39. The van der Waals surface area contributed by atoms with Crippen molar-refractivity contribution in [3.05, 3.63) is 23.8 Å². The molecule has 0 saturated heterocycles. The number of nitrogens with one attached hydrogen (secondary N) is 1. The van der Waals surface area contributed by atoms with E-state index in [-0.39, 0.29) is 11.8 Å². The third kappa shape index (κ3) is 2.05. The lowest BCUT2D eigenvalue weighted by molar-refractivity contribution is 0.464. The van der Waals surface area contributed by atoms with Crippen molar-refractivity contribution in [2.75, 3.05) is 7.05 Å². The molecule has 0 saturated carbocycles. The van der Waals surface area contributed by atoms with E-state index in [0.29, 0.717) is 23.3 Å². The van der Waals surface area contributed by atoms with Gasteiger partial charge in [-0.2, -0.15) is 0 Å². The van der Waals surface area contributed by atoms with Crippen molar-refractivity contribution in [3.63, 3.8) is 0 Å². The second-order valence-corrected chi connectivity index (χ2v) is 6.75. The van der Waals surface area contributed by atoms with Crippen molar-refractivity contribution in [1.29, 1.82) is 0 Å². The van der Waals surface area contributed by atoms with Crippen molar-refractivity contribution in [3.8, 4) is 5.75 Å². The topological polar surface area (TPSA) is 66.4 Å². The Morgan fingerprint density at radius 3 is 2.82 bits per heavy atom. The summed E-state index contributed by atoms with van der Waals surface area (Å²) in [6.07, 6.45) is 0.976. The molecule has 1 aliphatic heterocycles. The molecule has 94 valence electrons. The number of rotatable bonds is 3. The van der Waals surface area contributed by atoms with Crippen LogP contribution in [0, 0.1) is 0 Å². The molecule has 17 heavy (non-hydrogen) atoms. The van der Waals surface area contributed by atoms with Crippen LogP contribution in [0.1, 0.15) is 18.9 Å². The van der Waals surface area contributed by atoms with Gasteiger partial charge in [0.05, 0.1) is 10.1 Å². The van der Waals surface area contributed by atoms with Crippen LogP contribution in [-0.2, 0) is 16.3 Å². The average Bonchev–Trinajstić information content (AvgIpc) is 2.53. The van der Waals surface area contributed by atoms with Crippen LogP contribution in [0.2, 0.25) is 0 Å². The number of sulfone groups is 1. The largest absolute Gasteiger partial charge is 0.508 e. The lowest BCUT2D eigenvalue weighted by atomic mass is 10.0. The molecule has 0 aromatic heterocycles. The van der Waals surface area contributed by atoms with Crippen molar-refractivity contribution in [2.45, 2.75) is 36.0 Å². The first kappa shape index (κ1) is 12.4. The molecule has 0 spiro atoms. The molecule has 0 radical (unpaired) electrons. The van der Waals surface area contributed by atoms with Crippen LogP contribution in [0.5, 0.6) is 5.75 Å². The minimum absolute atomic E-state index is 0.0886. The van der Waals surface area contributed by atoms with Crippen LogP contribution >= 0.6 is 0 Å². The maximum Gasteiger partial charge on any atom is 0.182 e. The Morgan fingerprint density at radius 1 is 1.53 bits per heavy atom. The lowest BCUT2D eigenvalue weighted by Gasteiger charge is -2.15. The molecule has 0 amide bonds. The summed E-state index contributed by atoms with van der Waals surface area (Å²) in [5, 5.41) is 12.3. The Kier molecular flexibility index (Phi) is 3.14. The summed E-state index contributed by atoms with van der Waals surface area (Å²) in [6.45, 7) is 1.96. The lowest BCUT2D eigenvalue weighted by Crippen LogP contribution is -2.29. The highest BCUT2D eigenvalue weighted by atomic mass is 32.2. The van der Waals surface area contributed by atoms with E-state index in [9.17, 15) is 13.5 Å². The molecular weight excluding hydrogens is 238 g/mol. The zero-order chi connectivity index (χ0) is 12.6. The molecule has 2 atom stereocenters. The molecular formula is C12H17NO3S. The van der Waals surface area contributed by atoms with E-state index in [1.54, 1.807) is 12.1 Å². The van der Waals surface area contributed by atoms with Crippen molar-refractivity contribution < 1.29 is 13.5 Å². The van der Waals surface area contributed by atoms with Gasteiger partial charge in [-0.3, -0.25) is 0 Å². The van der Waals surface area contributed by atoms with Gasteiger partial charge in [0.25, 0.3) is 0 Å². The van der Waals surface area contributed by atoms with Gasteiger partial charge in [-0.1, -0.05) is 6.07 Å². The molecule has 5 heteroatoms. The van der Waals surface area contributed by atoms with Gasteiger partial charge >= 0.3 is 0 Å². The number of fused-ring (bicyclic) bond motifs is 1. The summed E-state index contributed by atoms with van der Waals surface area (Å²) in [6, 6.07) is 4.84. The molecule has 4 nitrogen and oxygen atoms in total. The minimum atomic E-state index is -3.27. The van der Waals surface area contributed by atoms with Crippen molar-refractivity contribution in [1.82, 2.24) is 5.32 Å². The first-order valence-corrected chi connectivity index (χ1v) is 7.23. The summed E-state index contributed by atoms with van der Waals surface area (Å²) in [5.74, 6) is 0.0886. The molecule has 1 heterocycles. The molecule has 1 aliphatic rings. The summed E-state index contributed by atoms with van der Waals surface area (Å²) in [7, 11) is -1.46. The Hall–Kier alpha value is -1.07. The zero-order valence-corrected chi connectivity index (χ0v) is 10.8. The summed E-state index contributed by atoms with van der Waals surface area (Å²) in [4.78, 5) is 0.297. The summed E-state index contributed by atoms with van der Waals surface area (Å²) < 4.78 is 24.5. The van der Waals surface area contributed by atoms with Gasteiger partial charge in [0.2, 0.25) is 0 Å². The van der Waals surface area contributed by atoms with E-state index >= 15 is 0 Å². The Labute approximate surface area is 102 Å². The maximum absolute atomic E-state index is 12.2. The van der Waals surface area contributed by atoms with Crippen molar-refractivity contribution in [2.24, 2.45) is 0 Å². The number of benzene rings is 1. The van der Waals surface area contributed by atoms with E-state index < -0.39 is 15.1 Å². The Bertz CT molecular complexity index is 525. The Morgan fingerprint density at radius 2 is 2.24 bits per heavy atom. The van der Waals surface area contributed by atoms with E-state index in [1.165, 1.54) is 6.07 Å². The molecule has 2 rings (SSSR count). The van der Waals surface area contributed by atoms with E-state index in [0.717, 1.165) is 0 Å². The van der Waals surface area contributed by atoms with Gasteiger partial charge < -0.3 is 10.4 Å². The predicted molar refractivity (Wildman–Crippen MR) is 65.9 cm³/mol. The molecule has 1 aromatic carbocycles. The number of phenols is 1. The fourth-order valence-electron chi connectivity index (χ4n) is 2.26. The highest BCUT2D eigenvalue weighted by Gasteiger charge is 2.38. The van der Waals surface area contributed by atoms with Crippen molar-refractivity contribution >= 4 is 9.84 Å². The third-order valence-corrected chi connectivity index (χ3v) is 5.63. The van der Waals surface area contributed by atoms with Crippen LogP contribution < -0.4 is 5.32 Å². The van der Waals surface area contributed by atoms with Crippen LogP contribution in [0.3, 0.4) is 0 Å². The Balaban J connectivity index is 2.37. The first-order valence-electron chi connectivity index (χ1n) is 5.69. The SMILES string of the molecule is CNC(C)CC1Cc2c(O)cccc2S1(=O)=O. The second-order valence-electron chi connectivity index (χ2n) is 4.55. The van der Waals surface area contributed by atoms with Crippen LogP contribution in [0.15, 0.2) is 23.1 Å². The van der Waals surface area contributed by atoms with Crippen LogP contribution in [0.4, 0.5) is 0 Å². The first-order chi connectivity index (χ1) is 7.96. The second kappa shape index (κ2) is 4.31. The molecule has 2 N–H and O–H groups in total. The monoisotopic (exact) mass is 255 g/mol. The molecule has 2 unspecified atom stereocenters. The number of aromatic hydroxyl groups is 1.